The van der Waals surface area contributed by atoms with Gasteiger partial charge in [0.2, 0.25) is 0 Å². The van der Waals surface area contributed by atoms with Crippen molar-refractivity contribution in [3.05, 3.63) is 94.6 Å². The van der Waals surface area contributed by atoms with Crippen LogP contribution in [0.3, 0.4) is 0 Å². The first-order valence-electron chi connectivity index (χ1n) is 9.83. The number of halogens is 1. The van der Waals surface area contributed by atoms with Gasteiger partial charge in [0, 0.05) is 16.3 Å². The number of nitrogens with zero attached hydrogens (tertiary/aromatic N) is 2. The SMILES string of the molecule is COc1ccc(-c2cc(C(=O)Nc3ccc(C)c(C)c3)n(-c3cccc(Cl)c3)n2)cc1. The molecule has 156 valence electrons. The number of methoxy groups -OCH3 is 1. The minimum Gasteiger partial charge on any atom is -0.497 e. The van der Waals surface area contributed by atoms with Crippen molar-refractivity contribution < 1.29 is 9.53 Å². The second-order valence-corrected chi connectivity index (χ2v) is 7.72. The number of aromatic nitrogens is 2. The molecule has 0 bridgehead atoms. The number of amides is 1. The molecule has 0 aliphatic rings. The zero-order chi connectivity index (χ0) is 22.0. The molecule has 0 unspecified atom stereocenters. The fourth-order valence-corrected chi connectivity index (χ4v) is 3.45. The van der Waals surface area contributed by atoms with Gasteiger partial charge in [0.1, 0.15) is 11.4 Å². The molecule has 1 amide bonds. The Hall–Kier alpha value is -3.57. The van der Waals surface area contributed by atoms with E-state index in [2.05, 4.69) is 5.32 Å². The van der Waals surface area contributed by atoms with Crippen LogP contribution >= 0.6 is 11.6 Å². The number of anilines is 1. The molecule has 0 radical (unpaired) electrons. The second kappa shape index (κ2) is 8.66. The van der Waals surface area contributed by atoms with Gasteiger partial charge < -0.3 is 10.1 Å². The Bertz CT molecular complexity index is 1250. The Morgan fingerprint density at radius 2 is 1.74 bits per heavy atom. The first kappa shape index (κ1) is 20.7. The number of ether oxygens (including phenoxy) is 1. The quantitative estimate of drug-likeness (QED) is 0.417. The summed E-state index contributed by atoms with van der Waals surface area (Å²) in [6.07, 6.45) is 0. The van der Waals surface area contributed by atoms with Gasteiger partial charge in [-0.25, -0.2) is 4.68 Å². The Kier molecular flexibility index (Phi) is 5.78. The summed E-state index contributed by atoms with van der Waals surface area (Å²) in [6, 6.07) is 22.4. The highest BCUT2D eigenvalue weighted by Gasteiger charge is 2.18. The number of rotatable bonds is 5. The molecule has 3 aromatic carbocycles. The van der Waals surface area contributed by atoms with Gasteiger partial charge in [-0.2, -0.15) is 5.10 Å². The van der Waals surface area contributed by atoms with Gasteiger partial charge in [-0.15, -0.1) is 0 Å². The van der Waals surface area contributed by atoms with Crippen molar-refractivity contribution in [2.75, 3.05) is 12.4 Å². The molecule has 6 heteroatoms. The minimum absolute atomic E-state index is 0.254. The normalized spacial score (nSPS) is 10.7. The van der Waals surface area contributed by atoms with Crippen LogP contribution in [0, 0.1) is 13.8 Å². The molecule has 5 nitrogen and oxygen atoms in total. The molecule has 0 fully saturated rings. The Labute approximate surface area is 186 Å². The third-order valence-electron chi connectivity index (χ3n) is 5.15. The molecule has 0 atom stereocenters. The van der Waals surface area contributed by atoms with Gasteiger partial charge in [-0.05, 0) is 85.6 Å². The largest absolute Gasteiger partial charge is 0.497 e. The standard InChI is InChI=1S/C25H22ClN3O2/c1-16-7-10-20(13-17(16)2)27-25(30)24-15-23(18-8-11-22(31-3)12-9-18)28-29(24)21-6-4-5-19(26)14-21/h4-15H,1-3H3,(H,27,30). The Balaban J connectivity index is 1.75. The van der Waals surface area contributed by atoms with Crippen molar-refractivity contribution in [3.8, 4) is 22.7 Å². The maximum atomic E-state index is 13.2. The zero-order valence-electron chi connectivity index (χ0n) is 17.5. The molecule has 4 rings (SSSR count). The highest BCUT2D eigenvalue weighted by atomic mass is 35.5. The van der Waals surface area contributed by atoms with Crippen molar-refractivity contribution in [2.24, 2.45) is 0 Å². The van der Waals surface area contributed by atoms with Gasteiger partial charge in [-0.1, -0.05) is 23.7 Å². The van der Waals surface area contributed by atoms with Crippen LogP contribution in [0.25, 0.3) is 16.9 Å². The summed E-state index contributed by atoms with van der Waals surface area (Å²) in [4.78, 5) is 13.2. The summed E-state index contributed by atoms with van der Waals surface area (Å²) in [7, 11) is 1.62. The van der Waals surface area contributed by atoms with E-state index in [1.54, 1.807) is 30.0 Å². The summed E-state index contributed by atoms with van der Waals surface area (Å²) in [6.45, 7) is 4.05. The fraction of sp³-hybridized carbons (Fsp3) is 0.120. The lowest BCUT2D eigenvalue weighted by molar-refractivity contribution is 0.101. The number of benzene rings is 3. The van der Waals surface area contributed by atoms with E-state index in [1.807, 2.05) is 68.4 Å². The molecular weight excluding hydrogens is 410 g/mol. The topological polar surface area (TPSA) is 56.1 Å². The fourth-order valence-electron chi connectivity index (χ4n) is 3.26. The van der Waals surface area contributed by atoms with E-state index in [-0.39, 0.29) is 5.91 Å². The summed E-state index contributed by atoms with van der Waals surface area (Å²) in [5.41, 5.74) is 5.68. The third-order valence-corrected chi connectivity index (χ3v) is 5.38. The summed E-state index contributed by atoms with van der Waals surface area (Å²) in [5.74, 6) is 0.501. The highest BCUT2D eigenvalue weighted by Crippen LogP contribution is 2.26. The van der Waals surface area contributed by atoms with Crippen LogP contribution < -0.4 is 10.1 Å². The summed E-state index contributed by atoms with van der Waals surface area (Å²) >= 11 is 6.19. The van der Waals surface area contributed by atoms with Crippen LogP contribution in [0.2, 0.25) is 5.02 Å². The smallest absolute Gasteiger partial charge is 0.274 e. The summed E-state index contributed by atoms with van der Waals surface area (Å²) < 4.78 is 6.85. The van der Waals surface area contributed by atoms with Crippen molar-refractivity contribution in [3.63, 3.8) is 0 Å². The average Bonchev–Trinajstić information content (AvgIpc) is 3.22. The van der Waals surface area contributed by atoms with E-state index in [9.17, 15) is 4.79 Å². The lowest BCUT2D eigenvalue weighted by atomic mass is 10.1. The van der Waals surface area contributed by atoms with Crippen molar-refractivity contribution in [1.82, 2.24) is 9.78 Å². The van der Waals surface area contributed by atoms with Crippen LogP contribution in [-0.4, -0.2) is 22.8 Å². The van der Waals surface area contributed by atoms with E-state index in [0.29, 0.717) is 22.1 Å². The minimum atomic E-state index is -0.254. The average molecular weight is 432 g/mol. The molecule has 1 N–H and O–H groups in total. The predicted octanol–water partition coefficient (Wildman–Crippen LogP) is 6.07. The number of aryl methyl sites for hydroxylation is 2. The Morgan fingerprint density at radius 1 is 0.968 bits per heavy atom. The van der Waals surface area contributed by atoms with Crippen LogP contribution in [0.4, 0.5) is 5.69 Å². The van der Waals surface area contributed by atoms with Crippen LogP contribution in [0.5, 0.6) is 5.75 Å². The monoisotopic (exact) mass is 431 g/mol. The lowest BCUT2D eigenvalue weighted by Crippen LogP contribution is -2.17. The number of nitrogens with one attached hydrogen (secondary N) is 1. The number of hydrogen-bond donors (Lipinski definition) is 1. The van der Waals surface area contributed by atoms with E-state index in [0.717, 1.165) is 22.6 Å². The molecule has 4 aromatic rings. The summed E-state index contributed by atoms with van der Waals surface area (Å²) in [5, 5.41) is 8.25. The lowest BCUT2D eigenvalue weighted by Gasteiger charge is -2.10. The van der Waals surface area contributed by atoms with E-state index in [1.165, 1.54) is 5.56 Å². The van der Waals surface area contributed by atoms with Crippen LogP contribution in [-0.2, 0) is 0 Å². The van der Waals surface area contributed by atoms with Gasteiger partial charge in [0.15, 0.2) is 0 Å². The molecular formula is C25H22ClN3O2. The molecule has 1 aromatic heterocycles. The maximum absolute atomic E-state index is 13.2. The van der Waals surface area contributed by atoms with Crippen LogP contribution in [0.15, 0.2) is 72.8 Å². The number of carbonyl (C=O) groups excluding carboxylic acids is 1. The van der Waals surface area contributed by atoms with Gasteiger partial charge in [-0.3, -0.25) is 4.79 Å². The third kappa shape index (κ3) is 4.47. The van der Waals surface area contributed by atoms with Crippen molar-refractivity contribution >= 4 is 23.2 Å². The molecule has 0 saturated carbocycles. The number of carbonyl (C=O) groups is 1. The molecule has 0 spiro atoms. The first-order chi connectivity index (χ1) is 14.9. The molecule has 0 aliphatic heterocycles. The van der Waals surface area contributed by atoms with Gasteiger partial charge in [0.05, 0.1) is 18.5 Å². The first-order valence-corrected chi connectivity index (χ1v) is 10.2. The highest BCUT2D eigenvalue weighted by molar-refractivity contribution is 6.30. The van der Waals surface area contributed by atoms with Crippen LogP contribution in [0.1, 0.15) is 21.6 Å². The van der Waals surface area contributed by atoms with E-state index in [4.69, 9.17) is 21.4 Å². The Morgan fingerprint density at radius 3 is 2.42 bits per heavy atom. The molecule has 31 heavy (non-hydrogen) atoms. The maximum Gasteiger partial charge on any atom is 0.274 e. The molecule has 1 heterocycles. The zero-order valence-corrected chi connectivity index (χ0v) is 18.3. The van der Waals surface area contributed by atoms with E-state index < -0.39 is 0 Å². The predicted molar refractivity (Wildman–Crippen MR) is 124 cm³/mol. The molecule has 0 saturated heterocycles. The second-order valence-electron chi connectivity index (χ2n) is 7.29. The van der Waals surface area contributed by atoms with Gasteiger partial charge >= 0.3 is 0 Å². The van der Waals surface area contributed by atoms with Crippen molar-refractivity contribution in [1.29, 1.82) is 0 Å². The number of hydrogen-bond acceptors (Lipinski definition) is 3. The van der Waals surface area contributed by atoms with Gasteiger partial charge in [0.25, 0.3) is 5.91 Å². The molecule has 0 aliphatic carbocycles. The van der Waals surface area contributed by atoms with E-state index >= 15 is 0 Å². The van der Waals surface area contributed by atoms with Crippen molar-refractivity contribution in [2.45, 2.75) is 13.8 Å².